The summed E-state index contributed by atoms with van der Waals surface area (Å²) in [5.41, 5.74) is 6.48. The summed E-state index contributed by atoms with van der Waals surface area (Å²) in [4.78, 5) is 17.7. The van der Waals surface area contributed by atoms with E-state index in [9.17, 15) is 4.79 Å². The highest BCUT2D eigenvalue weighted by atomic mass is 32.2. The highest BCUT2D eigenvalue weighted by molar-refractivity contribution is 7.99. The molecule has 2 aromatic rings. The van der Waals surface area contributed by atoms with Crippen LogP contribution in [0, 0.1) is 0 Å². The largest absolute Gasteiger partial charge is 0.494 e. The molecule has 1 aromatic carbocycles. The monoisotopic (exact) mass is 321 g/mol. The number of amides is 1. The van der Waals surface area contributed by atoms with E-state index in [0.717, 1.165) is 11.3 Å². The lowest BCUT2D eigenvalue weighted by molar-refractivity contribution is -0.127. The molecule has 0 bridgehead atoms. The number of nitrogens with one attached hydrogen (secondary N) is 1. The topological polar surface area (TPSA) is 97.1 Å². The van der Waals surface area contributed by atoms with Gasteiger partial charge in [0.15, 0.2) is 0 Å². The van der Waals surface area contributed by atoms with Gasteiger partial charge >= 0.3 is 0 Å². The van der Waals surface area contributed by atoms with Crippen molar-refractivity contribution in [1.29, 1.82) is 0 Å². The van der Waals surface area contributed by atoms with Crippen LogP contribution in [-0.4, -0.2) is 45.4 Å². The van der Waals surface area contributed by atoms with E-state index in [1.54, 1.807) is 11.9 Å². The number of H-pyrrole nitrogens is 1. The lowest BCUT2D eigenvalue weighted by atomic mass is 10.2. The molecule has 0 atom stereocenters. The first-order valence-corrected chi connectivity index (χ1v) is 7.83. The van der Waals surface area contributed by atoms with E-state index in [1.807, 2.05) is 31.2 Å². The van der Waals surface area contributed by atoms with Gasteiger partial charge in [0, 0.05) is 13.6 Å². The third kappa shape index (κ3) is 4.66. The Balaban J connectivity index is 1.82. The predicted molar refractivity (Wildman–Crippen MR) is 85.6 cm³/mol. The van der Waals surface area contributed by atoms with Crippen LogP contribution in [0.3, 0.4) is 0 Å². The molecule has 1 amide bonds. The average molecular weight is 321 g/mol. The number of carbonyl (C=O) groups is 1. The first kappa shape index (κ1) is 16.2. The van der Waals surface area contributed by atoms with Crippen LogP contribution in [-0.2, 0) is 11.3 Å². The molecule has 0 aliphatic rings. The van der Waals surface area contributed by atoms with Crippen molar-refractivity contribution in [3.8, 4) is 5.75 Å². The van der Waals surface area contributed by atoms with Crippen LogP contribution in [0.1, 0.15) is 12.5 Å². The molecule has 3 N–H and O–H groups in total. The lowest BCUT2D eigenvalue weighted by Crippen LogP contribution is -2.27. The standard InChI is InChI=1S/C14H19N5O2S/c1-3-21-11-6-4-10(5-7-11)8-19(2)12(20)9-22-14-16-13(15)17-18-14/h4-7H,3,8-9H2,1-2H3,(H3,15,16,17,18). The molecule has 2 rings (SSSR count). The molecule has 0 saturated carbocycles. The maximum absolute atomic E-state index is 12.1. The van der Waals surface area contributed by atoms with Gasteiger partial charge in [0.05, 0.1) is 12.4 Å². The number of hydrogen-bond acceptors (Lipinski definition) is 6. The van der Waals surface area contributed by atoms with Crippen molar-refractivity contribution in [1.82, 2.24) is 20.1 Å². The Morgan fingerprint density at radius 3 is 2.73 bits per heavy atom. The molecular weight excluding hydrogens is 302 g/mol. The summed E-state index contributed by atoms with van der Waals surface area (Å²) in [6.07, 6.45) is 0. The summed E-state index contributed by atoms with van der Waals surface area (Å²) in [5.74, 6) is 1.35. The Labute approximate surface area is 133 Å². The van der Waals surface area contributed by atoms with E-state index in [-0.39, 0.29) is 17.6 Å². The summed E-state index contributed by atoms with van der Waals surface area (Å²) in [6, 6.07) is 7.72. The summed E-state index contributed by atoms with van der Waals surface area (Å²) < 4.78 is 5.39. The summed E-state index contributed by atoms with van der Waals surface area (Å²) >= 11 is 1.25. The van der Waals surface area contributed by atoms with Crippen LogP contribution in [0.25, 0.3) is 0 Å². The van der Waals surface area contributed by atoms with Crippen molar-refractivity contribution in [3.63, 3.8) is 0 Å². The fraction of sp³-hybridized carbons (Fsp3) is 0.357. The maximum Gasteiger partial charge on any atom is 0.233 e. The number of ether oxygens (including phenoxy) is 1. The second-order valence-corrected chi connectivity index (χ2v) is 5.56. The van der Waals surface area contributed by atoms with Gasteiger partial charge in [-0.3, -0.25) is 4.79 Å². The van der Waals surface area contributed by atoms with Gasteiger partial charge in [0.2, 0.25) is 17.0 Å². The van der Waals surface area contributed by atoms with Crippen molar-refractivity contribution in [2.45, 2.75) is 18.6 Å². The van der Waals surface area contributed by atoms with Crippen LogP contribution >= 0.6 is 11.8 Å². The molecule has 1 heterocycles. The minimum Gasteiger partial charge on any atom is -0.494 e. The highest BCUT2D eigenvalue weighted by Crippen LogP contribution is 2.16. The molecule has 1 aromatic heterocycles. The molecule has 8 heteroatoms. The number of nitrogens with two attached hydrogens (primary N) is 1. The van der Waals surface area contributed by atoms with Crippen LogP contribution in [0.5, 0.6) is 5.75 Å². The fourth-order valence-corrected chi connectivity index (χ4v) is 2.53. The smallest absolute Gasteiger partial charge is 0.233 e. The number of aromatic nitrogens is 3. The zero-order chi connectivity index (χ0) is 15.9. The number of benzene rings is 1. The molecule has 7 nitrogen and oxygen atoms in total. The Hall–Kier alpha value is -2.22. The quantitative estimate of drug-likeness (QED) is 0.751. The van der Waals surface area contributed by atoms with Crippen LogP contribution < -0.4 is 10.5 Å². The number of nitrogen functional groups attached to an aromatic ring is 1. The normalized spacial score (nSPS) is 10.5. The minimum absolute atomic E-state index is 0.00209. The van der Waals surface area contributed by atoms with Crippen molar-refractivity contribution in [2.24, 2.45) is 0 Å². The van der Waals surface area contributed by atoms with Gasteiger partial charge in [0.1, 0.15) is 5.75 Å². The third-order valence-corrected chi connectivity index (χ3v) is 3.72. The Morgan fingerprint density at radius 1 is 1.41 bits per heavy atom. The number of aromatic amines is 1. The average Bonchev–Trinajstić information content (AvgIpc) is 2.92. The van der Waals surface area contributed by atoms with Gasteiger partial charge < -0.3 is 15.4 Å². The van der Waals surface area contributed by atoms with E-state index in [4.69, 9.17) is 10.5 Å². The Kier molecular flexibility index (Phi) is 5.65. The zero-order valence-electron chi connectivity index (χ0n) is 12.6. The summed E-state index contributed by atoms with van der Waals surface area (Å²) in [6.45, 7) is 3.13. The molecule has 0 unspecified atom stereocenters. The SMILES string of the molecule is CCOc1ccc(CN(C)C(=O)CSc2n[nH]c(N)n2)cc1. The number of carbonyl (C=O) groups excluding carboxylic acids is 1. The van der Waals surface area contributed by atoms with Gasteiger partial charge in [-0.2, -0.15) is 4.98 Å². The van der Waals surface area contributed by atoms with E-state index in [1.165, 1.54) is 11.8 Å². The molecule has 22 heavy (non-hydrogen) atoms. The number of anilines is 1. The number of hydrogen-bond donors (Lipinski definition) is 2. The molecule has 118 valence electrons. The molecule has 0 fully saturated rings. The lowest BCUT2D eigenvalue weighted by Gasteiger charge is -2.17. The molecule has 0 aliphatic carbocycles. The molecule has 0 radical (unpaired) electrons. The van der Waals surface area contributed by atoms with Crippen molar-refractivity contribution < 1.29 is 9.53 Å². The van der Waals surface area contributed by atoms with Gasteiger partial charge in [-0.1, -0.05) is 23.9 Å². The van der Waals surface area contributed by atoms with Gasteiger partial charge in [-0.25, -0.2) is 5.10 Å². The highest BCUT2D eigenvalue weighted by Gasteiger charge is 2.11. The summed E-state index contributed by atoms with van der Waals surface area (Å²) in [5, 5.41) is 6.88. The minimum atomic E-state index is 0.00209. The van der Waals surface area contributed by atoms with Crippen molar-refractivity contribution in [2.75, 3.05) is 25.1 Å². The van der Waals surface area contributed by atoms with Gasteiger partial charge in [0.25, 0.3) is 0 Å². The van der Waals surface area contributed by atoms with Gasteiger partial charge in [-0.05, 0) is 24.6 Å². The predicted octanol–water partition coefficient (Wildman–Crippen LogP) is 1.54. The Bertz CT molecular complexity index is 614. The Morgan fingerprint density at radius 2 is 2.14 bits per heavy atom. The second kappa shape index (κ2) is 7.69. The first-order chi connectivity index (χ1) is 10.6. The molecular formula is C14H19N5O2S. The fourth-order valence-electron chi connectivity index (χ4n) is 1.78. The number of nitrogens with zero attached hydrogens (tertiary/aromatic N) is 3. The van der Waals surface area contributed by atoms with Crippen LogP contribution in [0.15, 0.2) is 29.4 Å². The van der Waals surface area contributed by atoms with E-state index in [2.05, 4.69) is 15.2 Å². The van der Waals surface area contributed by atoms with Crippen LogP contribution in [0.4, 0.5) is 5.95 Å². The van der Waals surface area contributed by atoms with E-state index >= 15 is 0 Å². The number of thioether (sulfide) groups is 1. The zero-order valence-corrected chi connectivity index (χ0v) is 13.4. The first-order valence-electron chi connectivity index (χ1n) is 6.85. The van der Waals surface area contributed by atoms with Crippen LogP contribution in [0.2, 0.25) is 0 Å². The van der Waals surface area contributed by atoms with Crippen molar-refractivity contribution >= 4 is 23.6 Å². The molecule has 0 spiro atoms. The van der Waals surface area contributed by atoms with E-state index < -0.39 is 0 Å². The van der Waals surface area contributed by atoms with Crippen molar-refractivity contribution in [3.05, 3.63) is 29.8 Å². The maximum atomic E-state index is 12.1. The van der Waals surface area contributed by atoms with E-state index in [0.29, 0.717) is 18.3 Å². The molecule has 0 saturated heterocycles. The molecule has 0 aliphatic heterocycles. The second-order valence-electron chi connectivity index (χ2n) is 4.62. The summed E-state index contributed by atoms with van der Waals surface area (Å²) in [7, 11) is 1.77. The third-order valence-electron chi connectivity index (χ3n) is 2.89. The number of rotatable bonds is 7. The van der Waals surface area contributed by atoms with Gasteiger partial charge in [-0.15, -0.1) is 5.10 Å².